The maximum Gasteiger partial charge on any atom is 0.255 e. The van der Waals surface area contributed by atoms with Gasteiger partial charge < -0.3 is 14.8 Å². The Kier molecular flexibility index (Phi) is 9.15. The summed E-state index contributed by atoms with van der Waals surface area (Å²) in [5.41, 5.74) is 2.98. The van der Waals surface area contributed by atoms with Gasteiger partial charge in [0.1, 0.15) is 11.4 Å². The lowest BCUT2D eigenvalue weighted by Crippen LogP contribution is -2.12. The Hall–Kier alpha value is -3.59. The minimum absolute atomic E-state index is 0.180. The van der Waals surface area contributed by atoms with Crippen LogP contribution in [-0.2, 0) is 5.75 Å². The van der Waals surface area contributed by atoms with Gasteiger partial charge in [-0.1, -0.05) is 38.8 Å². The van der Waals surface area contributed by atoms with E-state index in [1.54, 1.807) is 18.0 Å². The quantitative estimate of drug-likeness (QED) is 0.126. The molecule has 0 saturated carbocycles. The minimum Gasteiger partial charge on any atom is -0.490 e. The second-order valence-electron chi connectivity index (χ2n) is 8.32. The number of thioether (sulfide) groups is 1. The highest BCUT2D eigenvalue weighted by Crippen LogP contribution is 2.31. The molecule has 8 nitrogen and oxygen atoms in total. The molecule has 0 spiro atoms. The van der Waals surface area contributed by atoms with Crippen molar-refractivity contribution in [3.05, 3.63) is 66.1 Å². The summed E-state index contributed by atoms with van der Waals surface area (Å²) in [4.78, 5) is 21.6. The van der Waals surface area contributed by atoms with E-state index in [4.69, 9.17) is 9.47 Å². The second-order valence-corrected chi connectivity index (χ2v) is 9.28. The van der Waals surface area contributed by atoms with E-state index in [-0.39, 0.29) is 5.91 Å². The van der Waals surface area contributed by atoms with E-state index < -0.39 is 0 Å². The maximum atomic E-state index is 13.0. The van der Waals surface area contributed by atoms with Crippen molar-refractivity contribution in [3.8, 4) is 11.5 Å². The largest absolute Gasteiger partial charge is 0.490 e. The summed E-state index contributed by atoms with van der Waals surface area (Å²) in [7, 11) is 0. The number of aromatic nitrogens is 4. The zero-order valence-corrected chi connectivity index (χ0v) is 21.4. The highest BCUT2D eigenvalue weighted by molar-refractivity contribution is 7.98. The molecule has 4 rings (SSSR count). The number of nitrogens with one attached hydrogen (secondary N) is 2. The number of carbonyl (C=O) groups excluding carboxylic acids is 1. The number of nitrogens with zero attached hydrogens (tertiary/aromatic N) is 3. The minimum atomic E-state index is -0.180. The smallest absolute Gasteiger partial charge is 0.255 e. The van der Waals surface area contributed by atoms with Crippen molar-refractivity contribution in [3.63, 3.8) is 0 Å². The Morgan fingerprint density at radius 3 is 2.61 bits per heavy atom. The Balaban J connectivity index is 1.42. The van der Waals surface area contributed by atoms with Crippen molar-refractivity contribution in [2.24, 2.45) is 0 Å². The lowest BCUT2D eigenvalue weighted by atomic mass is 10.1. The van der Waals surface area contributed by atoms with Crippen LogP contribution >= 0.6 is 11.8 Å². The van der Waals surface area contributed by atoms with Crippen LogP contribution in [0.15, 0.2) is 60.0 Å². The lowest BCUT2D eigenvalue weighted by molar-refractivity contribution is 0.102. The molecule has 4 aromatic rings. The van der Waals surface area contributed by atoms with Gasteiger partial charge in [0.25, 0.3) is 5.91 Å². The fraction of sp³-hybridized carbons (Fsp3) is 0.333. The second kappa shape index (κ2) is 12.9. The summed E-state index contributed by atoms with van der Waals surface area (Å²) in [5, 5.41) is 11.6. The number of aromatic amines is 1. The highest BCUT2D eigenvalue weighted by atomic mass is 32.2. The first kappa shape index (κ1) is 25.5. The van der Waals surface area contributed by atoms with Gasteiger partial charge in [-0.25, -0.2) is 9.97 Å². The number of rotatable bonds is 13. The topological polar surface area (TPSA) is 102 Å². The Bertz CT molecular complexity index is 1290. The lowest BCUT2D eigenvalue weighted by Gasteiger charge is -2.15. The number of carbonyl (C=O) groups is 1. The molecule has 2 aromatic heterocycles. The molecule has 2 aromatic carbocycles. The summed E-state index contributed by atoms with van der Waals surface area (Å²) < 4.78 is 11.9. The van der Waals surface area contributed by atoms with Crippen molar-refractivity contribution in [1.82, 2.24) is 20.2 Å². The van der Waals surface area contributed by atoms with E-state index in [1.807, 2.05) is 42.5 Å². The van der Waals surface area contributed by atoms with Crippen molar-refractivity contribution < 1.29 is 14.3 Å². The number of H-pyrrole nitrogens is 1. The number of amides is 1. The SMILES string of the molecule is CCCCOc1ccc(NC(=O)c2cccc(CSc3ncnc4[nH]ncc34)c2)cc1OCCCC. The average molecular weight is 506 g/mol. The van der Waals surface area contributed by atoms with Crippen LogP contribution in [-0.4, -0.2) is 39.3 Å². The third-order valence-electron chi connectivity index (χ3n) is 5.49. The van der Waals surface area contributed by atoms with Crippen molar-refractivity contribution in [2.75, 3.05) is 18.5 Å². The molecule has 0 fully saturated rings. The molecular weight excluding hydrogens is 474 g/mol. The van der Waals surface area contributed by atoms with Crippen LogP contribution in [0, 0.1) is 0 Å². The standard InChI is InChI=1S/C27H31N5O3S/c1-3-5-12-34-23-11-10-21(15-24(23)35-13-6-4-2)31-26(33)20-9-7-8-19(14-20)17-36-27-22-16-30-32-25(22)28-18-29-27/h7-11,14-16,18H,3-6,12-13,17H2,1-2H3,(H,31,33)(H,28,29,30,32). The molecule has 0 aliphatic rings. The Labute approximate surface area is 215 Å². The highest BCUT2D eigenvalue weighted by Gasteiger charge is 2.12. The van der Waals surface area contributed by atoms with Gasteiger partial charge in [0, 0.05) is 23.1 Å². The maximum absolute atomic E-state index is 13.0. The fourth-order valence-electron chi connectivity index (χ4n) is 3.49. The van der Waals surface area contributed by atoms with Crippen molar-refractivity contribution in [2.45, 2.75) is 50.3 Å². The first-order chi connectivity index (χ1) is 17.7. The fourth-order valence-corrected chi connectivity index (χ4v) is 4.40. The van der Waals surface area contributed by atoms with Crippen molar-refractivity contribution in [1.29, 1.82) is 0 Å². The van der Waals surface area contributed by atoms with E-state index in [2.05, 4.69) is 39.3 Å². The number of ether oxygens (including phenoxy) is 2. The summed E-state index contributed by atoms with van der Waals surface area (Å²) in [6.45, 7) is 5.49. The molecule has 0 bridgehead atoms. The van der Waals surface area contributed by atoms with Gasteiger partial charge in [0.15, 0.2) is 17.1 Å². The van der Waals surface area contributed by atoms with Gasteiger partial charge in [-0.05, 0) is 42.7 Å². The number of hydrogen-bond acceptors (Lipinski definition) is 7. The van der Waals surface area contributed by atoms with Crippen LogP contribution in [0.4, 0.5) is 5.69 Å². The van der Waals surface area contributed by atoms with Gasteiger partial charge in [-0.15, -0.1) is 11.8 Å². The predicted molar refractivity (Wildman–Crippen MR) is 143 cm³/mol. The van der Waals surface area contributed by atoms with E-state index in [0.717, 1.165) is 41.7 Å². The molecule has 0 saturated heterocycles. The van der Waals surface area contributed by atoms with Crippen LogP contribution in [0.3, 0.4) is 0 Å². The van der Waals surface area contributed by atoms with Gasteiger partial charge >= 0.3 is 0 Å². The monoisotopic (exact) mass is 505 g/mol. The van der Waals surface area contributed by atoms with Crippen LogP contribution < -0.4 is 14.8 Å². The van der Waals surface area contributed by atoms with E-state index >= 15 is 0 Å². The first-order valence-corrected chi connectivity index (χ1v) is 13.2. The third kappa shape index (κ3) is 6.75. The van der Waals surface area contributed by atoms with Gasteiger partial charge in [-0.3, -0.25) is 9.89 Å². The van der Waals surface area contributed by atoms with Crippen molar-refractivity contribution >= 4 is 34.4 Å². The van der Waals surface area contributed by atoms with Gasteiger partial charge in [-0.2, -0.15) is 5.10 Å². The molecular formula is C27H31N5O3S. The number of hydrogen-bond donors (Lipinski definition) is 2. The number of unbranched alkanes of at least 4 members (excludes halogenated alkanes) is 2. The first-order valence-electron chi connectivity index (χ1n) is 12.2. The van der Waals surface area contributed by atoms with Gasteiger partial charge in [0.05, 0.1) is 24.8 Å². The van der Waals surface area contributed by atoms with E-state index in [9.17, 15) is 4.79 Å². The van der Waals surface area contributed by atoms with E-state index in [1.165, 1.54) is 6.33 Å². The zero-order chi connectivity index (χ0) is 25.2. The Morgan fingerprint density at radius 2 is 1.81 bits per heavy atom. The summed E-state index contributed by atoms with van der Waals surface area (Å²) in [6.07, 6.45) is 7.28. The molecule has 1 amide bonds. The van der Waals surface area contributed by atoms with Crippen LogP contribution in [0.2, 0.25) is 0 Å². The number of anilines is 1. The summed E-state index contributed by atoms with van der Waals surface area (Å²) in [5.74, 6) is 1.84. The van der Waals surface area contributed by atoms with Crippen LogP contribution in [0.25, 0.3) is 11.0 Å². The Morgan fingerprint density at radius 1 is 1.00 bits per heavy atom. The molecule has 0 unspecified atom stereocenters. The molecule has 0 aliphatic heterocycles. The van der Waals surface area contributed by atoms with Crippen LogP contribution in [0.5, 0.6) is 11.5 Å². The van der Waals surface area contributed by atoms with E-state index in [0.29, 0.717) is 47.4 Å². The number of benzene rings is 2. The molecule has 0 aliphatic carbocycles. The average Bonchev–Trinajstić information content (AvgIpc) is 3.39. The summed E-state index contributed by atoms with van der Waals surface area (Å²) in [6, 6.07) is 13.1. The molecule has 0 atom stereocenters. The molecule has 36 heavy (non-hydrogen) atoms. The molecule has 188 valence electrons. The normalized spacial score (nSPS) is 10.9. The molecule has 2 N–H and O–H groups in total. The molecule has 9 heteroatoms. The third-order valence-corrected chi connectivity index (χ3v) is 6.57. The summed E-state index contributed by atoms with van der Waals surface area (Å²) >= 11 is 1.58. The zero-order valence-electron chi connectivity index (χ0n) is 20.6. The van der Waals surface area contributed by atoms with Gasteiger partial charge in [0.2, 0.25) is 0 Å². The number of fused-ring (bicyclic) bond motifs is 1. The molecule has 0 radical (unpaired) electrons. The van der Waals surface area contributed by atoms with Crippen LogP contribution in [0.1, 0.15) is 55.5 Å². The molecule has 2 heterocycles. The predicted octanol–water partition coefficient (Wildman–Crippen LogP) is 6.26.